The van der Waals surface area contributed by atoms with Crippen molar-refractivity contribution < 1.29 is 9.47 Å². The van der Waals surface area contributed by atoms with E-state index in [0.717, 1.165) is 31.8 Å². The molecular weight excluding hydrogens is 250 g/mol. The Balaban J connectivity index is 2.20. The Morgan fingerprint density at radius 2 is 2.11 bits per heavy atom. The summed E-state index contributed by atoms with van der Waals surface area (Å²) in [6.07, 6.45) is 2.19. The molecule has 1 N–H and O–H groups in total. The standard InChI is InChI=1S/C14H20ClNO2/c1-16-14(10-5-7-18-8-6-10)11-3-4-12(15)13(9-11)17-2/h3-4,9-10,14,16H,5-8H2,1-2H3. The lowest BCUT2D eigenvalue weighted by Gasteiger charge is -2.30. The molecule has 1 saturated heterocycles. The highest BCUT2D eigenvalue weighted by Crippen LogP contribution is 2.33. The number of rotatable bonds is 4. The van der Waals surface area contributed by atoms with Gasteiger partial charge in [-0.1, -0.05) is 17.7 Å². The monoisotopic (exact) mass is 269 g/mol. The fraction of sp³-hybridized carbons (Fsp3) is 0.571. The predicted molar refractivity (Wildman–Crippen MR) is 73.3 cm³/mol. The molecule has 100 valence electrons. The second-order valence-electron chi connectivity index (χ2n) is 4.61. The third kappa shape index (κ3) is 2.97. The van der Waals surface area contributed by atoms with E-state index in [-0.39, 0.29) is 0 Å². The quantitative estimate of drug-likeness (QED) is 0.911. The van der Waals surface area contributed by atoms with Crippen molar-refractivity contribution in [1.29, 1.82) is 0 Å². The summed E-state index contributed by atoms with van der Waals surface area (Å²) in [6.45, 7) is 1.71. The van der Waals surface area contributed by atoms with Crippen LogP contribution in [0.1, 0.15) is 24.4 Å². The highest BCUT2D eigenvalue weighted by atomic mass is 35.5. The van der Waals surface area contributed by atoms with Crippen molar-refractivity contribution in [1.82, 2.24) is 5.32 Å². The highest BCUT2D eigenvalue weighted by molar-refractivity contribution is 6.32. The molecule has 4 heteroatoms. The van der Waals surface area contributed by atoms with Crippen LogP contribution in [0.3, 0.4) is 0 Å². The Morgan fingerprint density at radius 1 is 1.39 bits per heavy atom. The van der Waals surface area contributed by atoms with Gasteiger partial charge in [0, 0.05) is 19.3 Å². The van der Waals surface area contributed by atoms with Crippen LogP contribution >= 0.6 is 11.6 Å². The molecule has 0 aromatic heterocycles. The van der Waals surface area contributed by atoms with Gasteiger partial charge in [-0.25, -0.2) is 0 Å². The van der Waals surface area contributed by atoms with Crippen molar-refractivity contribution >= 4 is 11.6 Å². The first-order valence-corrected chi connectivity index (χ1v) is 6.72. The molecule has 3 nitrogen and oxygen atoms in total. The molecule has 18 heavy (non-hydrogen) atoms. The average Bonchev–Trinajstić information content (AvgIpc) is 2.42. The summed E-state index contributed by atoms with van der Waals surface area (Å²) in [5.74, 6) is 1.34. The van der Waals surface area contributed by atoms with Gasteiger partial charge in [-0.05, 0) is 43.5 Å². The van der Waals surface area contributed by atoms with E-state index in [1.807, 2.05) is 19.2 Å². The van der Waals surface area contributed by atoms with Crippen molar-refractivity contribution in [3.63, 3.8) is 0 Å². The van der Waals surface area contributed by atoms with Gasteiger partial charge in [0.25, 0.3) is 0 Å². The van der Waals surface area contributed by atoms with E-state index in [4.69, 9.17) is 21.1 Å². The van der Waals surface area contributed by atoms with Crippen molar-refractivity contribution in [2.75, 3.05) is 27.4 Å². The summed E-state index contributed by atoms with van der Waals surface area (Å²) in [4.78, 5) is 0. The van der Waals surface area contributed by atoms with E-state index >= 15 is 0 Å². The summed E-state index contributed by atoms with van der Waals surface area (Å²) < 4.78 is 10.7. The summed E-state index contributed by atoms with van der Waals surface area (Å²) in [5, 5.41) is 4.06. The SMILES string of the molecule is CNC(c1ccc(Cl)c(OC)c1)C1CCOCC1. The summed E-state index contributed by atoms with van der Waals surface area (Å²) in [5.41, 5.74) is 1.23. The van der Waals surface area contributed by atoms with Gasteiger partial charge >= 0.3 is 0 Å². The van der Waals surface area contributed by atoms with Crippen LogP contribution < -0.4 is 10.1 Å². The molecule has 1 aromatic rings. The van der Waals surface area contributed by atoms with Crippen LogP contribution in [0.4, 0.5) is 0 Å². The third-order valence-corrected chi connectivity index (χ3v) is 3.89. The molecule has 0 spiro atoms. The molecule has 2 rings (SSSR count). The maximum absolute atomic E-state index is 6.06. The zero-order valence-corrected chi connectivity index (χ0v) is 11.7. The Bertz CT molecular complexity index is 391. The molecule has 1 fully saturated rings. The number of hydrogen-bond donors (Lipinski definition) is 1. The maximum Gasteiger partial charge on any atom is 0.137 e. The molecule has 1 aromatic carbocycles. The lowest BCUT2D eigenvalue weighted by Crippen LogP contribution is -2.30. The van der Waals surface area contributed by atoms with Crippen LogP contribution in [0.2, 0.25) is 5.02 Å². The van der Waals surface area contributed by atoms with Crippen LogP contribution in [0.25, 0.3) is 0 Å². The predicted octanol–water partition coefficient (Wildman–Crippen LogP) is 3.04. The largest absolute Gasteiger partial charge is 0.495 e. The van der Waals surface area contributed by atoms with Crippen molar-refractivity contribution in [3.05, 3.63) is 28.8 Å². The summed E-state index contributed by atoms with van der Waals surface area (Å²) in [7, 11) is 3.65. The van der Waals surface area contributed by atoms with E-state index in [9.17, 15) is 0 Å². The summed E-state index contributed by atoms with van der Waals surface area (Å²) >= 11 is 6.06. The Hall–Kier alpha value is -0.770. The fourth-order valence-electron chi connectivity index (χ4n) is 2.59. The molecule has 0 aliphatic carbocycles. The lowest BCUT2D eigenvalue weighted by molar-refractivity contribution is 0.0546. The second-order valence-corrected chi connectivity index (χ2v) is 5.02. The van der Waals surface area contributed by atoms with Gasteiger partial charge in [0.2, 0.25) is 0 Å². The zero-order valence-electron chi connectivity index (χ0n) is 10.9. The highest BCUT2D eigenvalue weighted by Gasteiger charge is 2.24. The number of hydrogen-bond acceptors (Lipinski definition) is 3. The van der Waals surface area contributed by atoms with Crippen LogP contribution in [0, 0.1) is 5.92 Å². The molecule has 0 amide bonds. The molecule has 1 aliphatic rings. The molecule has 1 atom stereocenters. The van der Waals surface area contributed by atoms with Gasteiger partial charge in [0.1, 0.15) is 5.75 Å². The Morgan fingerprint density at radius 3 is 2.72 bits per heavy atom. The smallest absolute Gasteiger partial charge is 0.137 e. The summed E-state index contributed by atoms with van der Waals surface area (Å²) in [6, 6.07) is 6.33. The van der Waals surface area contributed by atoms with Gasteiger partial charge < -0.3 is 14.8 Å². The molecule has 1 heterocycles. The lowest BCUT2D eigenvalue weighted by atomic mass is 9.87. The molecule has 1 unspecified atom stereocenters. The number of benzene rings is 1. The molecule has 0 radical (unpaired) electrons. The van der Waals surface area contributed by atoms with Crippen LogP contribution in [0.5, 0.6) is 5.75 Å². The van der Waals surface area contributed by atoms with Gasteiger partial charge in [-0.15, -0.1) is 0 Å². The van der Waals surface area contributed by atoms with Crippen molar-refractivity contribution in [2.24, 2.45) is 5.92 Å². The number of halogens is 1. The van der Waals surface area contributed by atoms with Gasteiger partial charge in [0.15, 0.2) is 0 Å². The fourth-order valence-corrected chi connectivity index (χ4v) is 2.79. The normalized spacial score (nSPS) is 18.6. The van der Waals surface area contributed by atoms with E-state index in [2.05, 4.69) is 11.4 Å². The zero-order chi connectivity index (χ0) is 13.0. The Kier molecular flexibility index (Phi) is 4.87. The van der Waals surface area contributed by atoms with E-state index in [1.54, 1.807) is 7.11 Å². The van der Waals surface area contributed by atoms with E-state index in [1.165, 1.54) is 5.56 Å². The van der Waals surface area contributed by atoms with Gasteiger partial charge in [-0.2, -0.15) is 0 Å². The molecular formula is C14H20ClNO2. The van der Waals surface area contributed by atoms with E-state index in [0.29, 0.717) is 17.0 Å². The van der Waals surface area contributed by atoms with Crippen molar-refractivity contribution in [2.45, 2.75) is 18.9 Å². The first kappa shape index (κ1) is 13.7. The maximum atomic E-state index is 6.06. The minimum absolute atomic E-state index is 0.333. The van der Waals surface area contributed by atoms with Crippen LogP contribution in [0.15, 0.2) is 18.2 Å². The number of nitrogens with one attached hydrogen (secondary N) is 1. The first-order valence-electron chi connectivity index (χ1n) is 6.34. The second kappa shape index (κ2) is 6.41. The molecule has 1 aliphatic heterocycles. The van der Waals surface area contributed by atoms with Gasteiger partial charge in [-0.3, -0.25) is 0 Å². The third-order valence-electron chi connectivity index (χ3n) is 3.58. The topological polar surface area (TPSA) is 30.5 Å². The molecule has 0 saturated carbocycles. The number of ether oxygens (including phenoxy) is 2. The van der Waals surface area contributed by atoms with E-state index < -0.39 is 0 Å². The first-order chi connectivity index (χ1) is 8.76. The minimum atomic E-state index is 0.333. The van der Waals surface area contributed by atoms with Crippen molar-refractivity contribution in [3.8, 4) is 5.75 Å². The van der Waals surface area contributed by atoms with Crippen LogP contribution in [-0.2, 0) is 4.74 Å². The number of methoxy groups -OCH3 is 1. The average molecular weight is 270 g/mol. The minimum Gasteiger partial charge on any atom is -0.495 e. The molecule has 0 bridgehead atoms. The van der Waals surface area contributed by atoms with Crippen LogP contribution in [-0.4, -0.2) is 27.4 Å². The Labute approximate surface area is 113 Å². The van der Waals surface area contributed by atoms with Gasteiger partial charge in [0.05, 0.1) is 12.1 Å².